The first-order valence-electron chi connectivity index (χ1n) is 8.96. The molecule has 0 atom stereocenters. The van der Waals surface area contributed by atoms with Crippen LogP contribution < -0.4 is 5.32 Å². The lowest BCUT2D eigenvalue weighted by Gasteiger charge is -2.23. The number of rotatable bonds is 10. The van der Waals surface area contributed by atoms with E-state index in [0.29, 0.717) is 13.1 Å². The number of hydrogen-bond acceptors (Lipinski definition) is 2. The van der Waals surface area contributed by atoms with Crippen molar-refractivity contribution >= 4 is 5.91 Å². The monoisotopic (exact) mass is 336 g/mol. The molecule has 0 aliphatic heterocycles. The van der Waals surface area contributed by atoms with E-state index in [0.717, 1.165) is 25.8 Å². The molecule has 0 aromatic heterocycles. The van der Waals surface area contributed by atoms with Crippen molar-refractivity contribution < 1.29 is 4.79 Å². The van der Waals surface area contributed by atoms with Gasteiger partial charge >= 0.3 is 0 Å². The van der Waals surface area contributed by atoms with Crippen LogP contribution in [0, 0.1) is 0 Å². The molecule has 0 saturated heterocycles. The van der Waals surface area contributed by atoms with Crippen molar-refractivity contribution in [3.8, 4) is 0 Å². The van der Waals surface area contributed by atoms with Crippen LogP contribution in [0.5, 0.6) is 0 Å². The molecule has 0 unspecified atom stereocenters. The predicted molar refractivity (Wildman–Crippen MR) is 104 cm³/mol. The SMILES string of the molecule is C=CNCC(=O)N(CCCC)Cc1cccc(Cc2ccccc2)c1. The van der Waals surface area contributed by atoms with E-state index >= 15 is 0 Å². The molecule has 25 heavy (non-hydrogen) atoms. The van der Waals surface area contributed by atoms with Crippen LogP contribution in [0.1, 0.15) is 36.5 Å². The van der Waals surface area contributed by atoms with Crippen LogP contribution in [0.25, 0.3) is 0 Å². The maximum atomic E-state index is 12.4. The molecule has 1 amide bonds. The number of carbonyl (C=O) groups is 1. The normalized spacial score (nSPS) is 10.3. The molecule has 0 spiro atoms. The third kappa shape index (κ3) is 6.46. The Morgan fingerprint density at radius 3 is 2.52 bits per heavy atom. The molecule has 0 heterocycles. The van der Waals surface area contributed by atoms with Crippen LogP contribution >= 0.6 is 0 Å². The molecule has 2 aromatic rings. The molecule has 0 saturated carbocycles. The largest absolute Gasteiger partial charge is 0.383 e. The summed E-state index contributed by atoms with van der Waals surface area (Å²) >= 11 is 0. The Morgan fingerprint density at radius 2 is 1.80 bits per heavy atom. The van der Waals surface area contributed by atoms with Gasteiger partial charge in [-0.15, -0.1) is 0 Å². The van der Waals surface area contributed by atoms with E-state index in [1.807, 2.05) is 11.0 Å². The Morgan fingerprint density at radius 1 is 1.08 bits per heavy atom. The quantitative estimate of drug-likeness (QED) is 0.707. The lowest BCUT2D eigenvalue weighted by molar-refractivity contribution is -0.130. The van der Waals surface area contributed by atoms with Crippen molar-refractivity contribution in [2.75, 3.05) is 13.1 Å². The Hall–Kier alpha value is -2.55. The van der Waals surface area contributed by atoms with Crippen molar-refractivity contribution in [3.63, 3.8) is 0 Å². The van der Waals surface area contributed by atoms with Crippen LogP contribution in [-0.2, 0) is 17.8 Å². The molecule has 1 N–H and O–H groups in total. The van der Waals surface area contributed by atoms with E-state index in [1.165, 1.54) is 16.7 Å². The first-order chi connectivity index (χ1) is 12.2. The van der Waals surface area contributed by atoms with Crippen LogP contribution in [0.3, 0.4) is 0 Å². The highest BCUT2D eigenvalue weighted by Gasteiger charge is 2.13. The first-order valence-corrected chi connectivity index (χ1v) is 8.96. The van der Waals surface area contributed by atoms with E-state index < -0.39 is 0 Å². The fourth-order valence-corrected chi connectivity index (χ4v) is 2.80. The zero-order chi connectivity index (χ0) is 17.9. The smallest absolute Gasteiger partial charge is 0.242 e. The fourth-order valence-electron chi connectivity index (χ4n) is 2.80. The first kappa shape index (κ1) is 18.8. The van der Waals surface area contributed by atoms with Crippen LogP contribution in [0.4, 0.5) is 0 Å². The lowest BCUT2D eigenvalue weighted by atomic mass is 10.0. The summed E-state index contributed by atoms with van der Waals surface area (Å²) in [5.74, 6) is 0.113. The molecular formula is C22H28N2O. The molecule has 0 aliphatic rings. The average Bonchev–Trinajstić information content (AvgIpc) is 2.64. The molecule has 3 nitrogen and oxygen atoms in total. The number of nitrogens with one attached hydrogen (secondary N) is 1. The highest BCUT2D eigenvalue weighted by Crippen LogP contribution is 2.13. The summed E-state index contributed by atoms with van der Waals surface area (Å²) in [5, 5.41) is 2.91. The molecule has 0 radical (unpaired) electrons. The highest BCUT2D eigenvalue weighted by atomic mass is 16.2. The van der Waals surface area contributed by atoms with Crippen LogP contribution in [-0.4, -0.2) is 23.9 Å². The maximum Gasteiger partial charge on any atom is 0.242 e. The molecule has 3 heteroatoms. The number of carbonyl (C=O) groups excluding carboxylic acids is 1. The van der Waals surface area contributed by atoms with Crippen molar-refractivity contribution in [3.05, 3.63) is 84.1 Å². The van der Waals surface area contributed by atoms with Gasteiger partial charge in [-0.3, -0.25) is 4.79 Å². The molecule has 0 aliphatic carbocycles. The fraction of sp³-hybridized carbons (Fsp3) is 0.318. The van der Waals surface area contributed by atoms with Gasteiger partial charge in [0.1, 0.15) is 0 Å². The van der Waals surface area contributed by atoms with Crippen LogP contribution in [0.2, 0.25) is 0 Å². The molecule has 132 valence electrons. The van der Waals surface area contributed by atoms with Crippen molar-refractivity contribution in [2.24, 2.45) is 0 Å². The van der Waals surface area contributed by atoms with Gasteiger partial charge in [0, 0.05) is 13.1 Å². The van der Waals surface area contributed by atoms with E-state index in [2.05, 4.69) is 67.4 Å². The maximum absolute atomic E-state index is 12.4. The van der Waals surface area contributed by atoms with Gasteiger partial charge in [-0.2, -0.15) is 0 Å². The van der Waals surface area contributed by atoms with Gasteiger partial charge in [0.05, 0.1) is 6.54 Å². The Labute approximate surface area is 151 Å². The Balaban J connectivity index is 2.05. The number of amides is 1. The summed E-state index contributed by atoms with van der Waals surface area (Å²) in [6.45, 7) is 7.50. The molecule has 0 fully saturated rings. The second kappa shape index (κ2) is 10.3. The standard InChI is InChI=1S/C22H28N2O/c1-3-5-14-24(22(25)17-23-4-2)18-21-13-9-12-20(16-21)15-19-10-7-6-8-11-19/h4,6-13,16,23H,2-3,5,14-15,17-18H2,1H3. The molecular weight excluding hydrogens is 308 g/mol. The summed E-state index contributed by atoms with van der Waals surface area (Å²) in [6.07, 6.45) is 4.57. The summed E-state index contributed by atoms with van der Waals surface area (Å²) in [5.41, 5.74) is 3.75. The third-order valence-corrected chi connectivity index (χ3v) is 4.15. The van der Waals surface area contributed by atoms with Gasteiger partial charge in [0.15, 0.2) is 0 Å². The third-order valence-electron chi connectivity index (χ3n) is 4.15. The van der Waals surface area contributed by atoms with Crippen molar-refractivity contribution in [2.45, 2.75) is 32.7 Å². The summed E-state index contributed by atoms with van der Waals surface area (Å²) in [4.78, 5) is 14.3. The van der Waals surface area contributed by atoms with E-state index in [1.54, 1.807) is 6.20 Å². The average molecular weight is 336 g/mol. The lowest BCUT2D eigenvalue weighted by Crippen LogP contribution is -2.37. The molecule has 2 aromatic carbocycles. The minimum Gasteiger partial charge on any atom is -0.383 e. The Kier molecular flexibility index (Phi) is 7.77. The van der Waals surface area contributed by atoms with E-state index in [-0.39, 0.29) is 5.91 Å². The Bertz CT molecular complexity index is 667. The minimum absolute atomic E-state index is 0.113. The zero-order valence-corrected chi connectivity index (χ0v) is 15.1. The summed E-state index contributed by atoms with van der Waals surface area (Å²) < 4.78 is 0. The predicted octanol–water partition coefficient (Wildman–Crippen LogP) is 4.14. The van der Waals surface area contributed by atoms with Gasteiger partial charge in [0.2, 0.25) is 5.91 Å². The van der Waals surface area contributed by atoms with Gasteiger partial charge < -0.3 is 10.2 Å². The van der Waals surface area contributed by atoms with Crippen molar-refractivity contribution in [1.29, 1.82) is 0 Å². The molecule has 2 rings (SSSR count). The minimum atomic E-state index is 0.113. The van der Waals surface area contributed by atoms with Gasteiger partial charge in [-0.25, -0.2) is 0 Å². The second-order valence-electron chi connectivity index (χ2n) is 6.24. The van der Waals surface area contributed by atoms with E-state index in [4.69, 9.17) is 0 Å². The van der Waals surface area contributed by atoms with Gasteiger partial charge in [0.25, 0.3) is 0 Å². The number of benzene rings is 2. The van der Waals surface area contributed by atoms with Crippen LogP contribution in [0.15, 0.2) is 67.4 Å². The van der Waals surface area contributed by atoms with Crippen molar-refractivity contribution in [1.82, 2.24) is 10.2 Å². The van der Waals surface area contributed by atoms with E-state index in [9.17, 15) is 4.79 Å². The van der Waals surface area contributed by atoms with Gasteiger partial charge in [-0.1, -0.05) is 74.5 Å². The number of unbranched alkanes of at least 4 members (excludes halogenated alkanes) is 1. The summed E-state index contributed by atoms with van der Waals surface area (Å²) in [6, 6.07) is 19.0. The number of nitrogens with zero attached hydrogens (tertiary/aromatic N) is 1. The molecule has 0 bridgehead atoms. The summed E-state index contributed by atoms with van der Waals surface area (Å²) in [7, 11) is 0. The zero-order valence-electron chi connectivity index (χ0n) is 15.1. The second-order valence-corrected chi connectivity index (χ2v) is 6.24. The topological polar surface area (TPSA) is 32.3 Å². The highest BCUT2D eigenvalue weighted by molar-refractivity contribution is 5.78. The number of hydrogen-bond donors (Lipinski definition) is 1. The van der Waals surface area contributed by atoms with Gasteiger partial charge in [-0.05, 0) is 35.7 Å².